The molecule has 1 aromatic carbocycles. The van der Waals surface area contributed by atoms with Crippen molar-refractivity contribution >= 4 is 5.91 Å². The molecule has 0 saturated carbocycles. The van der Waals surface area contributed by atoms with Gasteiger partial charge in [0, 0.05) is 26.2 Å². The van der Waals surface area contributed by atoms with E-state index in [0.717, 1.165) is 25.5 Å². The van der Waals surface area contributed by atoms with Crippen LogP contribution in [0.1, 0.15) is 24.0 Å². The first kappa shape index (κ1) is 17.7. The van der Waals surface area contributed by atoms with Crippen LogP contribution >= 0.6 is 0 Å². The molecule has 1 saturated heterocycles. The van der Waals surface area contributed by atoms with E-state index in [2.05, 4.69) is 5.32 Å². The average Bonchev–Trinajstić information content (AvgIpc) is 2.52. The molecule has 2 rings (SSSR count). The van der Waals surface area contributed by atoms with Crippen LogP contribution in [0.25, 0.3) is 0 Å². The molecule has 1 aliphatic rings. The Morgan fingerprint density at radius 2 is 2.17 bits per heavy atom. The Hall–Kier alpha value is -1.60. The van der Waals surface area contributed by atoms with Gasteiger partial charge >= 0.3 is 6.18 Å². The fourth-order valence-corrected chi connectivity index (χ4v) is 2.86. The Kier molecular flexibility index (Phi) is 6.01. The number of hydrogen-bond donors (Lipinski definition) is 2. The predicted octanol–water partition coefficient (Wildman–Crippen LogP) is 1.99. The Morgan fingerprint density at radius 1 is 1.39 bits per heavy atom. The van der Waals surface area contributed by atoms with E-state index in [1.54, 1.807) is 6.07 Å². The third-order valence-electron chi connectivity index (χ3n) is 3.98. The zero-order valence-corrected chi connectivity index (χ0v) is 12.9. The number of likely N-dealkylation sites (tertiary alicyclic amines) is 1. The van der Waals surface area contributed by atoms with E-state index in [1.165, 1.54) is 12.1 Å². The summed E-state index contributed by atoms with van der Waals surface area (Å²) >= 11 is 0. The van der Waals surface area contributed by atoms with Crippen molar-refractivity contribution in [2.45, 2.75) is 25.6 Å². The molecule has 0 radical (unpaired) electrons. The molecule has 1 fully saturated rings. The molecule has 0 aromatic heterocycles. The smallest absolute Gasteiger partial charge is 0.355 e. The van der Waals surface area contributed by atoms with Gasteiger partial charge in [-0.1, -0.05) is 18.2 Å². The van der Waals surface area contributed by atoms with Crippen LogP contribution in [0.4, 0.5) is 13.2 Å². The first-order chi connectivity index (χ1) is 10.9. The van der Waals surface area contributed by atoms with Crippen LogP contribution in [0.15, 0.2) is 24.3 Å². The lowest BCUT2D eigenvalue weighted by atomic mass is 9.96. The van der Waals surface area contributed by atoms with E-state index < -0.39 is 11.7 Å². The Morgan fingerprint density at radius 3 is 2.87 bits per heavy atom. The zero-order chi connectivity index (χ0) is 16.9. The van der Waals surface area contributed by atoms with Crippen LogP contribution in [0, 0.1) is 5.92 Å². The standard InChI is InChI=1S/C16H22F3N3O/c17-16(18,19)14-5-1-3-12(9-14)10-22-8-2-4-13(11-22)15(23)21-7-6-20/h1,3,5,9,13H,2,4,6-8,10-11,20H2,(H,21,23). The summed E-state index contributed by atoms with van der Waals surface area (Å²) in [5.41, 5.74) is 5.35. The first-order valence-corrected chi connectivity index (χ1v) is 7.76. The van der Waals surface area contributed by atoms with Crippen LogP contribution in [0.3, 0.4) is 0 Å². The summed E-state index contributed by atoms with van der Waals surface area (Å²) in [6, 6.07) is 5.36. The van der Waals surface area contributed by atoms with Crippen LogP contribution in [0.5, 0.6) is 0 Å². The summed E-state index contributed by atoms with van der Waals surface area (Å²) in [6.45, 7) is 2.61. The highest BCUT2D eigenvalue weighted by molar-refractivity contribution is 5.78. The van der Waals surface area contributed by atoms with Crippen LogP contribution in [0.2, 0.25) is 0 Å². The summed E-state index contributed by atoms with van der Waals surface area (Å²) in [5, 5.41) is 2.78. The van der Waals surface area contributed by atoms with E-state index >= 15 is 0 Å². The highest BCUT2D eigenvalue weighted by atomic mass is 19.4. The maximum Gasteiger partial charge on any atom is 0.416 e. The monoisotopic (exact) mass is 329 g/mol. The van der Waals surface area contributed by atoms with E-state index in [1.807, 2.05) is 4.90 Å². The van der Waals surface area contributed by atoms with Gasteiger partial charge in [0.25, 0.3) is 0 Å². The lowest BCUT2D eigenvalue weighted by molar-refractivity contribution is -0.137. The van der Waals surface area contributed by atoms with Gasteiger partial charge in [0.05, 0.1) is 11.5 Å². The second-order valence-corrected chi connectivity index (χ2v) is 5.85. The zero-order valence-electron chi connectivity index (χ0n) is 12.9. The fraction of sp³-hybridized carbons (Fsp3) is 0.562. The van der Waals surface area contributed by atoms with Gasteiger partial charge in [-0.2, -0.15) is 13.2 Å². The molecule has 1 aromatic rings. The van der Waals surface area contributed by atoms with Gasteiger partial charge < -0.3 is 11.1 Å². The van der Waals surface area contributed by atoms with Crippen molar-refractivity contribution in [1.82, 2.24) is 10.2 Å². The molecular formula is C16H22F3N3O. The van der Waals surface area contributed by atoms with E-state index in [9.17, 15) is 18.0 Å². The largest absolute Gasteiger partial charge is 0.416 e. The van der Waals surface area contributed by atoms with Gasteiger partial charge in [-0.15, -0.1) is 0 Å². The molecule has 0 aliphatic carbocycles. The molecule has 1 aliphatic heterocycles. The summed E-state index contributed by atoms with van der Waals surface area (Å²) in [5.74, 6) is -0.148. The van der Waals surface area contributed by atoms with Crippen molar-refractivity contribution in [3.8, 4) is 0 Å². The minimum absolute atomic E-state index is 0.0239. The van der Waals surface area contributed by atoms with Gasteiger partial charge in [0.15, 0.2) is 0 Å². The lowest BCUT2D eigenvalue weighted by Crippen LogP contribution is -2.43. The van der Waals surface area contributed by atoms with Crippen molar-refractivity contribution in [3.63, 3.8) is 0 Å². The number of alkyl halides is 3. The third-order valence-corrected chi connectivity index (χ3v) is 3.98. The highest BCUT2D eigenvalue weighted by Gasteiger charge is 2.31. The summed E-state index contributed by atoms with van der Waals surface area (Å²) in [4.78, 5) is 14.0. The summed E-state index contributed by atoms with van der Waals surface area (Å²) < 4.78 is 38.3. The third kappa shape index (κ3) is 5.21. The Labute approximate surface area is 133 Å². The number of hydrogen-bond acceptors (Lipinski definition) is 3. The lowest BCUT2D eigenvalue weighted by Gasteiger charge is -2.32. The number of carbonyl (C=O) groups excluding carboxylic acids is 1. The number of halogens is 3. The number of carbonyl (C=O) groups is 1. The van der Waals surface area contributed by atoms with Crippen LogP contribution < -0.4 is 11.1 Å². The van der Waals surface area contributed by atoms with Crippen molar-refractivity contribution in [2.75, 3.05) is 26.2 Å². The number of nitrogens with two attached hydrogens (primary N) is 1. The van der Waals surface area contributed by atoms with Gasteiger partial charge in [-0.3, -0.25) is 9.69 Å². The van der Waals surface area contributed by atoms with Gasteiger partial charge in [-0.05, 0) is 31.0 Å². The number of amides is 1. The van der Waals surface area contributed by atoms with E-state index in [-0.39, 0.29) is 11.8 Å². The quantitative estimate of drug-likeness (QED) is 0.869. The SMILES string of the molecule is NCCNC(=O)C1CCCN(Cc2cccc(C(F)(F)F)c2)C1. The van der Waals surface area contributed by atoms with Crippen LogP contribution in [-0.2, 0) is 17.5 Å². The van der Waals surface area contributed by atoms with Gasteiger partial charge in [0.2, 0.25) is 5.91 Å². The van der Waals surface area contributed by atoms with Gasteiger partial charge in [-0.25, -0.2) is 0 Å². The topological polar surface area (TPSA) is 58.4 Å². The average molecular weight is 329 g/mol. The van der Waals surface area contributed by atoms with Crippen molar-refractivity contribution in [1.29, 1.82) is 0 Å². The number of piperidine rings is 1. The minimum atomic E-state index is -4.33. The van der Waals surface area contributed by atoms with Crippen molar-refractivity contribution in [2.24, 2.45) is 11.7 Å². The normalized spacial score (nSPS) is 19.6. The molecular weight excluding hydrogens is 307 g/mol. The molecule has 0 spiro atoms. The van der Waals surface area contributed by atoms with Crippen molar-refractivity contribution in [3.05, 3.63) is 35.4 Å². The highest BCUT2D eigenvalue weighted by Crippen LogP contribution is 2.30. The molecule has 1 heterocycles. The first-order valence-electron chi connectivity index (χ1n) is 7.76. The molecule has 0 bridgehead atoms. The Balaban J connectivity index is 1.96. The molecule has 7 heteroatoms. The number of rotatable bonds is 5. The summed E-state index contributed by atoms with van der Waals surface area (Å²) in [7, 11) is 0. The maximum atomic E-state index is 12.8. The minimum Gasteiger partial charge on any atom is -0.355 e. The van der Waals surface area contributed by atoms with Crippen LogP contribution in [-0.4, -0.2) is 37.0 Å². The molecule has 1 atom stereocenters. The second kappa shape index (κ2) is 7.79. The van der Waals surface area contributed by atoms with E-state index in [0.29, 0.717) is 31.7 Å². The molecule has 1 amide bonds. The number of benzene rings is 1. The molecule has 3 N–H and O–H groups in total. The fourth-order valence-electron chi connectivity index (χ4n) is 2.86. The Bertz CT molecular complexity index is 534. The molecule has 1 unspecified atom stereocenters. The number of nitrogens with zero attached hydrogens (tertiary/aromatic N) is 1. The number of nitrogens with one attached hydrogen (secondary N) is 1. The van der Waals surface area contributed by atoms with E-state index in [4.69, 9.17) is 5.73 Å². The van der Waals surface area contributed by atoms with Gasteiger partial charge in [0.1, 0.15) is 0 Å². The predicted molar refractivity (Wildman–Crippen MR) is 81.5 cm³/mol. The molecule has 23 heavy (non-hydrogen) atoms. The maximum absolute atomic E-state index is 12.8. The summed E-state index contributed by atoms with van der Waals surface area (Å²) in [6.07, 6.45) is -2.67. The van der Waals surface area contributed by atoms with Crippen molar-refractivity contribution < 1.29 is 18.0 Å². The molecule has 128 valence electrons. The second-order valence-electron chi connectivity index (χ2n) is 5.85. The molecule has 4 nitrogen and oxygen atoms in total.